The van der Waals surface area contributed by atoms with Gasteiger partial charge in [-0.2, -0.15) is 0 Å². The third kappa shape index (κ3) is 4.91. The maximum Gasteiger partial charge on any atom is 0.237 e. The van der Waals surface area contributed by atoms with Gasteiger partial charge in [0.15, 0.2) is 0 Å². The lowest BCUT2D eigenvalue weighted by Gasteiger charge is -2.28. The summed E-state index contributed by atoms with van der Waals surface area (Å²) >= 11 is 0. The first-order valence-corrected chi connectivity index (χ1v) is 6.85. The van der Waals surface area contributed by atoms with Gasteiger partial charge in [0.25, 0.3) is 0 Å². The minimum Gasteiger partial charge on any atom is -0.383 e. The van der Waals surface area contributed by atoms with Gasteiger partial charge in [-0.1, -0.05) is 0 Å². The smallest absolute Gasteiger partial charge is 0.237 e. The molecule has 0 aromatic heterocycles. The van der Waals surface area contributed by atoms with Crippen LogP contribution in [-0.2, 0) is 14.3 Å². The molecule has 0 bridgehead atoms. The topological polar surface area (TPSA) is 73.6 Å². The third-order valence-electron chi connectivity index (χ3n) is 3.94. The van der Waals surface area contributed by atoms with Crippen molar-refractivity contribution in [3.05, 3.63) is 0 Å². The normalized spacial score (nSPS) is 23.3. The summed E-state index contributed by atoms with van der Waals surface area (Å²) in [5, 5.41) is 3.05. The van der Waals surface area contributed by atoms with Crippen LogP contribution in [0.25, 0.3) is 0 Å². The Hall–Kier alpha value is -0.360. The number of nitrogens with two attached hydrogens (primary N) is 1. The number of methoxy groups -OCH3 is 1. The van der Waals surface area contributed by atoms with E-state index in [-0.39, 0.29) is 30.3 Å². The number of amides is 1. The Morgan fingerprint density at radius 2 is 1.95 bits per heavy atom. The van der Waals surface area contributed by atoms with E-state index in [1.807, 2.05) is 0 Å². The van der Waals surface area contributed by atoms with Gasteiger partial charge in [-0.15, -0.1) is 12.4 Å². The molecule has 19 heavy (non-hydrogen) atoms. The van der Waals surface area contributed by atoms with E-state index in [4.69, 9.17) is 15.2 Å². The molecule has 0 spiro atoms. The number of carbonyl (C=O) groups is 1. The average molecular weight is 293 g/mol. The average Bonchev–Trinajstić information content (AvgIpc) is 3.22. The van der Waals surface area contributed by atoms with Gasteiger partial charge in [0.2, 0.25) is 5.91 Å². The zero-order chi connectivity index (χ0) is 13.0. The van der Waals surface area contributed by atoms with Gasteiger partial charge in [-0.25, -0.2) is 0 Å². The second-order valence-electron chi connectivity index (χ2n) is 5.38. The van der Waals surface area contributed by atoms with Crippen molar-refractivity contribution in [1.82, 2.24) is 5.32 Å². The van der Waals surface area contributed by atoms with Crippen LogP contribution in [0.2, 0.25) is 0 Å². The van der Waals surface area contributed by atoms with Crippen molar-refractivity contribution in [2.24, 2.45) is 17.6 Å². The van der Waals surface area contributed by atoms with Gasteiger partial charge in [-0.3, -0.25) is 4.79 Å². The monoisotopic (exact) mass is 292 g/mol. The van der Waals surface area contributed by atoms with Crippen LogP contribution < -0.4 is 11.1 Å². The van der Waals surface area contributed by atoms with E-state index < -0.39 is 6.04 Å². The molecule has 2 atom stereocenters. The summed E-state index contributed by atoms with van der Waals surface area (Å²) in [6.07, 6.45) is 4.13. The maximum atomic E-state index is 12.1. The zero-order valence-corrected chi connectivity index (χ0v) is 12.3. The lowest BCUT2D eigenvalue weighted by Crippen LogP contribution is -2.51. The van der Waals surface area contributed by atoms with Crippen LogP contribution in [0.5, 0.6) is 0 Å². The Bertz CT molecular complexity index is 281. The van der Waals surface area contributed by atoms with Gasteiger partial charge < -0.3 is 20.5 Å². The number of carbonyl (C=O) groups excluding carboxylic acids is 1. The highest BCUT2D eigenvalue weighted by Gasteiger charge is 2.34. The Labute approximate surface area is 121 Å². The minimum atomic E-state index is -0.410. The zero-order valence-electron chi connectivity index (χ0n) is 11.5. The first-order valence-electron chi connectivity index (χ1n) is 6.85. The molecule has 1 amide bonds. The van der Waals surface area contributed by atoms with E-state index in [0.717, 1.165) is 26.1 Å². The number of ether oxygens (including phenoxy) is 2. The second-order valence-corrected chi connectivity index (χ2v) is 5.38. The fourth-order valence-corrected chi connectivity index (χ4v) is 2.54. The predicted octanol–water partition coefficient (Wildman–Crippen LogP) is 0.703. The molecule has 1 saturated carbocycles. The van der Waals surface area contributed by atoms with Crippen LogP contribution in [0.1, 0.15) is 25.7 Å². The molecule has 1 aliphatic heterocycles. The lowest BCUT2D eigenvalue weighted by molar-refractivity contribution is -0.125. The van der Waals surface area contributed by atoms with Crippen LogP contribution in [0.4, 0.5) is 0 Å². The molecule has 1 saturated heterocycles. The highest BCUT2D eigenvalue weighted by atomic mass is 35.5. The molecule has 2 fully saturated rings. The lowest BCUT2D eigenvalue weighted by atomic mass is 9.91. The number of halogens is 1. The molecular formula is C13H25ClN2O3. The molecule has 1 heterocycles. The third-order valence-corrected chi connectivity index (χ3v) is 3.94. The molecule has 0 aromatic carbocycles. The van der Waals surface area contributed by atoms with Gasteiger partial charge in [0.1, 0.15) is 0 Å². The van der Waals surface area contributed by atoms with Crippen molar-refractivity contribution in [3.63, 3.8) is 0 Å². The molecule has 1 aliphatic carbocycles. The van der Waals surface area contributed by atoms with Crippen LogP contribution in [0, 0.1) is 11.8 Å². The van der Waals surface area contributed by atoms with Crippen molar-refractivity contribution in [1.29, 1.82) is 0 Å². The predicted molar refractivity (Wildman–Crippen MR) is 75.3 cm³/mol. The van der Waals surface area contributed by atoms with Crippen LogP contribution in [0.15, 0.2) is 0 Å². The molecular weight excluding hydrogens is 268 g/mol. The van der Waals surface area contributed by atoms with E-state index >= 15 is 0 Å². The standard InChI is InChI=1S/C13H24N2O3.ClH/c1-17-8-11(9-2-3-9)15-13(16)12(14)10-4-6-18-7-5-10;/h9-12H,2-8,14H2,1H3,(H,15,16);1H. The van der Waals surface area contributed by atoms with Crippen molar-refractivity contribution < 1.29 is 14.3 Å². The van der Waals surface area contributed by atoms with E-state index in [1.165, 1.54) is 12.8 Å². The SMILES string of the molecule is COCC(NC(=O)C(N)C1CCOCC1)C1CC1.Cl. The molecule has 5 nitrogen and oxygen atoms in total. The number of rotatable bonds is 6. The molecule has 0 radical (unpaired) electrons. The summed E-state index contributed by atoms with van der Waals surface area (Å²) in [6.45, 7) is 2.02. The second kappa shape index (κ2) is 8.04. The van der Waals surface area contributed by atoms with Gasteiger partial charge in [0, 0.05) is 20.3 Å². The van der Waals surface area contributed by atoms with Crippen molar-refractivity contribution in [2.75, 3.05) is 26.9 Å². The highest BCUT2D eigenvalue weighted by Crippen LogP contribution is 2.32. The molecule has 2 aliphatic rings. The van der Waals surface area contributed by atoms with E-state index in [0.29, 0.717) is 12.5 Å². The van der Waals surface area contributed by atoms with Gasteiger partial charge in [-0.05, 0) is 37.5 Å². The largest absolute Gasteiger partial charge is 0.383 e. The number of hydrogen-bond donors (Lipinski definition) is 2. The van der Waals surface area contributed by atoms with Gasteiger partial charge in [0.05, 0.1) is 18.7 Å². The molecule has 6 heteroatoms. The molecule has 0 aromatic rings. The maximum absolute atomic E-state index is 12.1. The van der Waals surface area contributed by atoms with Crippen molar-refractivity contribution >= 4 is 18.3 Å². The van der Waals surface area contributed by atoms with Crippen LogP contribution in [0.3, 0.4) is 0 Å². The van der Waals surface area contributed by atoms with Crippen molar-refractivity contribution in [2.45, 2.75) is 37.8 Å². The summed E-state index contributed by atoms with van der Waals surface area (Å²) in [5.41, 5.74) is 6.05. The first-order chi connectivity index (χ1) is 8.72. The fourth-order valence-electron chi connectivity index (χ4n) is 2.54. The summed E-state index contributed by atoms with van der Waals surface area (Å²) in [5.74, 6) is 0.799. The minimum absolute atomic E-state index is 0. The quantitative estimate of drug-likeness (QED) is 0.756. The molecule has 3 N–H and O–H groups in total. The Morgan fingerprint density at radius 1 is 1.32 bits per heavy atom. The van der Waals surface area contributed by atoms with E-state index in [9.17, 15) is 4.79 Å². The van der Waals surface area contributed by atoms with Gasteiger partial charge >= 0.3 is 0 Å². The summed E-state index contributed by atoms with van der Waals surface area (Å²) in [7, 11) is 1.67. The fraction of sp³-hybridized carbons (Fsp3) is 0.923. The summed E-state index contributed by atoms with van der Waals surface area (Å²) < 4.78 is 10.4. The highest BCUT2D eigenvalue weighted by molar-refractivity contribution is 5.85. The van der Waals surface area contributed by atoms with Crippen LogP contribution in [-0.4, -0.2) is 44.9 Å². The van der Waals surface area contributed by atoms with Crippen molar-refractivity contribution in [3.8, 4) is 0 Å². The first kappa shape index (κ1) is 16.7. The molecule has 2 rings (SSSR count). The number of nitrogens with one attached hydrogen (secondary N) is 1. The van der Waals surface area contributed by atoms with E-state index in [2.05, 4.69) is 5.32 Å². The number of hydrogen-bond acceptors (Lipinski definition) is 4. The Morgan fingerprint density at radius 3 is 2.47 bits per heavy atom. The summed E-state index contributed by atoms with van der Waals surface area (Å²) in [6, 6.07) is -0.277. The van der Waals surface area contributed by atoms with Crippen LogP contribution >= 0.6 is 12.4 Å². The van der Waals surface area contributed by atoms with E-state index in [1.54, 1.807) is 7.11 Å². The Balaban J connectivity index is 0.00000180. The Kier molecular flexibility index (Phi) is 7.07. The molecule has 2 unspecified atom stereocenters. The summed E-state index contributed by atoms with van der Waals surface area (Å²) in [4.78, 5) is 12.1. The molecule has 112 valence electrons.